The molecule has 0 aliphatic carbocycles. The van der Waals surface area contributed by atoms with E-state index in [1.165, 1.54) is 5.56 Å². The lowest BCUT2D eigenvalue weighted by molar-refractivity contribution is 0.0697. The minimum Gasteiger partial charge on any atom is -0.478 e. The highest BCUT2D eigenvalue weighted by atomic mass is 16.4. The molecule has 0 unspecified atom stereocenters. The van der Waals surface area contributed by atoms with E-state index in [4.69, 9.17) is 5.11 Å². The fraction of sp³-hybridized carbons (Fsp3) is 0.158. The van der Waals surface area contributed by atoms with Gasteiger partial charge in [-0.3, -0.25) is 5.43 Å². The van der Waals surface area contributed by atoms with Crippen molar-refractivity contribution in [3.05, 3.63) is 71.8 Å². The molecule has 118 valence electrons. The van der Waals surface area contributed by atoms with Gasteiger partial charge in [-0.2, -0.15) is 5.10 Å². The van der Waals surface area contributed by atoms with Crippen LogP contribution in [0.1, 0.15) is 35.3 Å². The van der Waals surface area contributed by atoms with Gasteiger partial charge in [-0.05, 0) is 54.3 Å². The summed E-state index contributed by atoms with van der Waals surface area (Å²) in [6.45, 7) is 8.00. The number of carboxylic acid groups (broad SMARTS) is 1. The van der Waals surface area contributed by atoms with Crippen molar-refractivity contribution in [1.82, 2.24) is 0 Å². The topological polar surface area (TPSA) is 61.7 Å². The summed E-state index contributed by atoms with van der Waals surface area (Å²) >= 11 is 0. The molecule has 0 saturated carbocycles. The molecular formula is C19H20N2O2. The largest absolute Gasteiger partial charge is 0.478 e. The van der Waals surface area contributed by atoms with E-state index in [1.807, 2.05) is 19.1 Å². The highest BCUT2D eigenvalue weighted by Crippen LogP contribution is 2.16. The quantitative estimate of drug-likeness (QED) is 0.612. The lowest BCUT2D eigenvalue weighted by atomic mass is 10.0. The Bertz CT molecular complexity index is 729. The molecule has 0 aromatic heterocycles. The maximum atomic E-state index is 10.9. The second-order valence-electron chi connectivity index (χ2n) is 5.22. The van der Waals surface area contributed by atoms with Crippen molar-refractivity contribution in [1.29, 1.82) is 0 Å². The molecule has 0 aliphatic rings. The van der Waals surface area contributed by atoms with Crippen LogP contribution in [0.25, 0.3) is 5.57 Å². The molecule has 0 heterocycles. The second kappa shape index (κ2) is 7.40. The predicted octanol–water partition coefficient (Wildman–Crippen LogP) is 4.45. The van der Waals surface area contributed by atoms with Gasteiger partial charge in [0.15, 0.2) is 0 Å². The van der Waals surface area contributed by atoms with Gasteiger partial charge in [0.1, 0.15) is 0 Å². The second-order valence-corrected chi connectivity index (χ2v) is 5.22. The molecule has 4 heteroatoms. The average Bonchev–Trinajstić information content (AvgIpc) is 2.59. The molecule has 0 radical (unpaired) electrons. The Morgan fingerprint density at radius 3 is 2.17 bits per heavy atom. The van der Waals surface area contributed by atoms with E-state index in [0.29, 0.717) is 0 Å². The Kier molecular flexibility index (Phi) is 5.31. The van der Waals surface area contributed by atoms with Crippen LogP contribution in [0, 0.1) is 0 Å². The summed E-state index contributed by atoms with van der Waals surface area (Å²) in [5.41, 5.74) is 7.79. The summed E-state index contributed by atoms with van der Waals surface area (Å²) in [7, 11) is 0. The van der Waals surface area contributed by atoms with E-state index in [-0.39, 0.29) is 5.56 Å². The molecule has 0 aliphatic heterocycles. The number of nitrogens with one attached hydrogen (secondary N) is 1. The number of hydrogen-bond acceptors (Lipinski definition) is 3. The van der Waals surface area contributed by atoms with Crippen molar-refractivity contribution in [2.45, 2.75) is 20.3 Å². The summed E-state index contributed by atoms with van der Waals surface area (Å²) in [6.07, 6.45) is 1.01. The van der Waals surface area contributed by atoms with Gasteiger partial charge in [-0.1, -0.05) is 37.8 Å². The molecule has 0 spiro atoms. The monoisotopic (exact) mass is 308 g/mol. The number of anilines is 1. The molecule has 23 heavy (non-hydrogen) atoms. The van der Waals surface area contributed by atoms with Crippen molar-refractivity contribution in [2.24, 2.45) is 5.10 Å². The maximum absolute atomic E-state index is 10.9. The molecule has 4 nitrogen and oxygen atoms in total. The van der Waals surface area contributed by atoms with Gasteiger partial charge in [0.05, 0.1) is 17.0 Å². The zero-order valence-corrected chi connectivity index (χ0v) is 13.3. The number of carboxylic acids is 1. The fourth-order valence-corrected chi connectivity index (χ4v) is 2.05. The summed E-state index contributed by atoms with van der Waals surface area (Å²) < 4.78 is 0. The molecule has 2 N–H and O–H groups in total. The van der Waals surface area contributed by atoms with Gasteiger partial charge in [-0.15, -0.1) is 0 Å². The molecule has 2 rings (SSSR count). The number of nitrogens with zero attached hydrogens (tertiary/aromatic N) is 1. The highest BCUT2D eigenvalue weighted by Gasteiger charge is 2.06. The number of rotatable bonds is 6. The molecule has 0 fully saturated rings. The van der Waals surface area contributed by atoms with E-state index in [9.17, 15) is 4.79 Å². The van der Waals surface area contributed by atoms with Gasteiger partial charge < -0.3 is 5.11 Å². The van der Waals surface area contributed by atoms with Gasteiger partial charge in [0.2, 0.25) is 0 Å². The Balaban J connectivity index is 2.06. The minimum absolute atomic E-state index is 0.255. The van der Waals surface area contributed by atoms with Crippen molar-refractivity contribution in [3.63, 3.8) is 0 Å². The number of aromatic carboxylic acids is 1. The lowest BCUT2D eigenvalue weighted by Crippen LogP contribution is -2.01. The van der Waals surface area contributed by atoms with Gasteiger partial charge in [-0.25, -0.2) is 4.79 Å². The Labute approximate surface area is 136 Å². The predicted molar refractivity (Wildman–Crippen MR) is 95.0 cm³/mol. The van der Waals surface area contributed by atoms with Crippen LogP contribution in [-0.4, -0.2) is 16.8 Å². The van der Waals surface area contributed by atoms with Gasteiger partial charge >= 0.3 is 5.97 Å². The van der Waals surface area contributed by atoms with Crippen LogP contribution in [0.3, 0.4) is 0 Å². The summed E-state index contributed by atoms with van der Waals surface area (Å²) in [4.78, 5) is 10.9. The Morgan fingerprint density at radius 1 is 1.09 bits per heavy atom. The lowest BCUT2D eigenvalue weighted by Gasteiger charge is -2.08. The Morgan fingerprint density at radius 2 is 1.65 bits per heavy atom. The van der Waals surface area contributed by atoms with Crippen LogP contribution in [0.4, 0.5) is 5.69 Å². The highest BCUT2D eigenvalue weighted by molar-refractivity contribution is 6.22. The van der Waals surface area contributed by atoms with Crippen LogP contribution >= 0.6 is 0 Å². The van der Waals surface area contributed by atoms with E-state index in [0.717, 1.165) is 29.0 Å². The average molecular weight is 308 g/mol. The van der Waals surface area contributed by atoms with Crippen molar-refractivity contribution in [3.8, 4) is 0 Å². The van der Waals surface area contributed by atoms with Crippen molar-refractivity contribution < 1.29 is 9.90 Å². The molecule has 0 atom stereocenters. The van der Waals surface area contributed by atoms with E-state index in [2.05, 4.69) is 36.2 Å². The van der Waals surface area contributed by atoms with Crippen molar-refractivity contribution in [2.75, 3.05) is 5.43 Å². The maximum Gasteiger partial charge on any atom is 0.335 e. The SMILES string of the molecule is C=C(/C(C)=N\Nc1ccc(CC)cc1)c1ccc(C(=O)O)cc1. The number of hydrogen-bond donors (Lipinski definition) is 2. The van der Waals surface area contributed by atoms with Gasteiger partial charge in [0.25, 0.3) is 0 Å². The molecule has 0 saturated heterocycles. The summed E-state index contributed by atoms with van der Waals surface area (Å²) in [6, 6.07) is 14.7. The smallest absolute Gasteiger partial charge is 0.335 e. The van der Waals surface area contributed by atoms with E-state index < -0.39 is 5.97 Å². The molecule has 2 aromatic carbocycles. The third kappa shape index (κ3) is 4.30. The van der Waals surface area contributed by atoms with Crippen LogP contribution in [0.15, 0.2) is 60.2 Å². The third-order valence-electron chi connectivity index (χ3n) is 3.63. The zero-order valence-electron chi connectivity index (χ0n) is 13.3. The first-order valence-electron chi connectivity index (χ1n) is 7.43. The van der Waals surface area contributed by atoms with E-state index in [1.54, 1.807) is 24.3 Å². The molecule has 0 amide bonds. The standard InChI is InChI=1S/C19H20N2O2/c1-4-15-5-11-18(12-6-15)21-20-14(3)13(2)16-7-9-17(10-8-16)19(22)23/h5-12,21H,2,4H2,1,3H3,(H,22,23)/b20-14-. The summed E-state index contributed by atoms with van der Waals surface area (Å²) in [5.74, 6) is -0.940. The summed E-state index contributed by atoms with van der Waals surface area (Å²) in [5, 5.41) is 13.2. The first-order chi connectivity index (χ1) is 11.0. The first kappa shape index (κ1) is 16.5. The molecular weight excluding hydrogens is 288 g/mol. The molecule has 0 bridgehead atoms. The fourth-order valence-electron chi connectivity index (χ4n) is 2.05. The number of allylic oxidation sites excluding steroid dienone is 1. The van der Waals surface area contributed by atoms with Crippen LogP contribution in [0.2, 0.25) is 0 Å². The Hall–Kier alpha value is -2.88. The third-order valence-corrected chi connectivity index (χ3v) is 3.63. The normalized spacial score (nSPS) is 11.1. The van der Waals surface area contributed by atoms with Gasteiger partial charge in [0, 0.05) is 0 Å². The van der Waals surface area contributed by atoms with Crippen molar-refractivity contribution >= 4 is 22.9 Å². The van der Waals surface area contributed by atoms with Crippen LogP contribution in [0.5, 0.6) is 0 Å². The zero-order chi connectivity index (χ0) is 16.8. The minimum atomic E-state index is -0.940. The van der Waals surface area contributed by atoms with E-state index >= 15 is 0 Å². The number of benzene rings is 2. The van der Waals surface area contributed by atoms with Crippen LogP contribution < -0.4 is 5.43 Å². The number of carbonyl (C=O) groups is 1. The number of hydrazone groups is 1. The first-order valence-corrected chi connectivity index (χ1v) is 7.43. The number of aryl methyl sites for hydroxylation is 1. The molecule has 2 aromatic rings. The van der Waals surface area contributed by atoms with Crippen LogP contribution in [-0.2, 0) is 6.42 Å².